The quantitative estimate of drug-likeness (QED) is 0.691. The molecule has 0 unspecified atom stereocenters. The summed E-state index contributed by atoms with van der Waals surface area (Å²) in [5, 5.41) is 0. The van der Waals surface area contributed by atoms with Gasteiger partial charge in [0.2, 0.25) is 0 Å². The van der Waals surface area contributed by atoms with Crippen molar-refractivity contribution in [1.29, 1.82) is 0 Å². The zero-order valence-electron chi connectivity index (χ0n) is 9.48. The molecular weight excluding hydrogens is 214 g/mol. The summed E-state index contributed by atoms with van der Waals surface area (Å²) in [7, 11) is 0. The molecular formula is C14H13NO2. The third kappa shape index (κ3) is 1.50. The molecule has 1 aromatic carbocycles. The third-order valence-electron chi connectivity index (χ3n) is 3.40. The number of amides is 2. The Hall–Kier alpha value is -1.90. The lowest BCUT2D eigenvalue weighted by Gasteiger charge is -2.14. The van der Waals surface area contributed by atoms with Crippen LogP contribution in [0.4, 0.5) is 5.69 Å². The van der Waals surface area contributed by atoms with Crippen LogP contribution in [0.15, 0.2) is 41.5 Å². The highest BCUT2D eigenvalue weighted by Crippen LogP contribution is 2.35. The fourth-order valence-corrected chi connectivity index (χ4v) is 2.55. The van der Waals surface area contributed by atoms with Crippen LogP contribution in [0.25, 0.3) is 0 Å². The molecule has 17 heavy (non-hydrogen) atoms. The van der Waals surface area contributed by atoms with Crippen LogP contribution in [-0.4, -0.2) is 11.8 Å². The lowest BCUT2D eigenvalue weighted by Crippen LogP contribution is -2.31. The van der Waals surface area contributed by atoms with Gasteiger partial charge in [-0.05, 0) is 37.8 Å². The van der Waals surface area contributed by atoms with Gasteiger partial charge in [-0.15, -0.1) is 0 Å². The third-order valence-corrected chi connectivity index (χ3v) is 3.40. The number of benzene rings is 1. The SMILES string of the molecule is O=C1C2=C(CCCC2)C(=O)N1c1ccccc1. The summed E-state index contributed by atoms with van der Waals surface area (Å²) in [6, 6.07) is 9.16. The van der Waals surface area contributed by atoms with Gasteiger partial charge in [0.05, 0.1) is 5.69 Å². The number of imide groups is 1. The molecule has 1 heterocycles. The minimum absolute atomic E-state index is 0.115. The van der Waals surface area contributed by atoms with Crippen LogP contribution in [0.5, 0.6) is 0 Å². The van der Waals surface area contributed by atoms with E-state index in [-0.39, 0.29) is 11.8 Å². The second kappa shape index (κ2) is 3.84. The minimum Gasteiger partial charge on any atom is -0.269 e. The van der Waals surface area contributed by atoms with Gasteiger partial charge in [0.25, 0.3) is 11.8 Å². The normalized spacial score (nSPS) is 19.9. The summed E-state index contributed by atoms with van der Waals surface area (Å²) in [4.78, 5) is 25.7. The second-order valence-corrected chi connectivity index (χ2v) is 4.45. The number of anilines is 1. The van der Waals surface area contributed by atoms with Crippen LogP contribution in [0.1, 0.15) is 25.7 Å². The number of carbonyl (C=O) groups is 2. The van der Waals surface area contributed by atoms with E-state index >= 15 is 0 Å². The lowest BCUT2D eigenvalue weighted by molar-refractivity contribution is -0.120. The van der Waals surface area contributed by atoms with Gasteiger partial charge in [-0.3, -0.25) is 9.59 Å². The van der Waals surface area contributed by atoms with Crippen LogP contribution in [0, 0.1) is 0 Å². The van der Waals surface area contributed by atoms with Crippen LogP contribution >= 0.6 is 0 Å². The van der Waals surface area contributed by atoms with Crippen molar-refractivity contribution in [1.82, 2.24) is 0 Å². The molecule has 3 heteroatoms. The Morgan fingerprint density at radius 1 is 0.824 bits per heavy atom. The molecule has 86 valence electrons. The van der Waals surface area contributed by atoms with Crippen LogP contribution in [0.3, 0.4) is 0 Å². The molecule has 0 N–H and O–H groups in total. The molecule has 0 saturated carbocycles. The van der Waals surface area contributed by atoms with E-state index in [1.807, 2.05) is 18.2 Å². The van der Waals surface area contributed by atoms with Crippen molar-refractivity contribution in [3.63, 3.8) is 0 Å². The maximum atomic E-state index is 12.2. The average molecular weight is 227 g/mol. The lowest BCUT2D eigenvalue weighted by atomic mass is 9.93. The Bertz CT molecular complexity index is 488. The van der Waals surface area contributed by atoms with E-state index in [2.05, 4.69) is 0 Å². The van der Waals surface area contributed by atoms with Gasteiger partial charge >= 0.3 is 0 Å². The zero-order valence-corrected chi connectivity index (χ0v) is 9.48. The first-order chi connectivity index (χ1) is 8.29. The van der Waals surface area contributed by atoms with Crippen LogP contribution in [-0.2, 0) is 9.59 Å². The van der Waals surface area contributed by atoms with E-state index in [1.165, 1.54) is 4.90 Å². The fraction of sp³-hybridized carbons (Fsp3) is 0.286. The maximum Gasteiger partial charge on any atom is 0.261 e. The first-order valence-electron chi connectivity index (χ1n) is 5.95. The summed E-state index contributed by atoms with van der Waals surface area (Å²) >= 11 is 0. The Labute approximate surface area is 99.7 Å². The van der Waals surface area contributed by atoms with E-state index in [1.54, 1.807) is 12.1 Å². The van der Waals surface area contributed by atoms with Crippen LogP contribution in [0.2, 0.25) is 0 Å². The van der Waals surface area contributed by atoms with Crippen molar-refractivity contribution in [3.05, 3.63) is 41.5 Å². The summed E-state index contributed by atoms with van der Waals surface area (Å²) in [5.74, 6) is -0.230. The van der Waals surface area contributed by atoms with E-state index in [9.17, 15) is 9.59 Å². The van der Waals surface area contributed by atoms with E-state index in [4.69, 9.17) is 0 Å². The van der Waals surface area contributed by atoms with E-state index in [0.717, 1.165) is 36.8 Å². The van der Waals surface area contributed by atoms with Crippen molar-refractivity contribution in [2.45, 2.75) is 25.7 Å². The van der Waals surface area contributed by atoms with Crippen molar-refractivity contribution in [2.75, 3.05) is 4.90 Å². The fourth-order valence-electron chi connectivity index (χ4n) is 2.55. The highest BCUT2D eigenvalue weighted by Gasteiger charge is 2.39. The van der Waals surface area contributed by atoms with Crippen molar-refractivity contribution in [2.24, 2.45) is 0 Å². The van der Waals surface area contributed by atoms with E-state index in [0.29, 0.717) is 5.69 Å². The zero-order chi connectivity index (χ0) is 11.8. The molecule has 0 spiro atoms. The summed E-state index contributed by atoms with van der Waals surface area (Å²) in [5.41, 5.74) is 2.16. The molecule has 1 aliphatic heterocycles. The molecule has 0 fully saturated rings. The molecule has 0 saturated heterocycles. The number of nitrogens with zero attached hydrogens (tertiary/aromatic N) is 1. The van der Waals surface area contributed by atoms with Gasteiger partial charge in [0.1, 0.15) is 0 Å². The molecule has 0 radical (unpaired) electrons. The van der Waals surface area contributed by atoms with Gasteiger partial charge in [0, 0.05) is 11.1 Å². The molecule has 3 rings (SSSR count). The second-order valence-electron chi connectivity index (χ2n) is 4.45. The topological polar surface area (TPSA) is 37.4 Å². The van der Waals surface area contributed by atoms with Crippen LogP contribution < -0.4 is 4.90 Å². The number of carbonyl (C=O) groups excluding carboxylic acids is 2. The molecule has 1 aliphatic carbocycles. The monoisotopic (exact) mass is 227 g/mol. The minimum atomic E-state index is -0.115. The Balaban J connectivity index is 2.01. The first-order valence-corrected chi connectivity index (χ1v) is 5.95. The largest absolute Gasteiger partial charge is 0.269 e. The number of para-hydroxylation sites is 1. The Kier molecular flexibility index (Phi) is 2.32. The average Bonchev–Trinajstić information content (AvgIpc) is 2.64. The maximum absolute atomic E-state index is 12.2. The number of hydrogen-bond acceptors (Lipinski definition) is 2. The molecule has 1 aromatic rings. The van der Waals surface area contributed by atoms with Crippen molar-refractivity contribution in [3.8, 4) is 0 Å². The molecule has 2 aliphatic rings. The molecule has 0 aromatic heterocycles. The molecule has 0 atom stereocenters. The molecule has 2 amide bonds. The summed E-state index contributed by atoms with van der Waals surface area (Å²) in [6.07, 6.45) is 3.54. The number of hydrogen-bond donors (Lipinski definition) is 0. The van der Waals surface area contributed by atoms with Gasteiger partial charge in [-0.25, -0.2) is 4.90 Å². The Morgan fingerprint density at radius 3 is 1.88 bits per heavy atom. The van der Waals surface area contributed by atoms with Gasteiger partial charge in [-0.1, -0.05) is 18.2 Å². The van der Waals surface area contributed by atoms with E-state index < -0.39 is 0 Å². The standard InChI is InChI=1S/C14H13NO2/c16-13-11-8-4-5-9-12(11)14(17)15(13)10-6-2-1-3-7-10/h1-3,6-7H,4-5,8-9H2. The highest BCUT2D eigenvalue weighted by molar-refractivity contribution is 6.33. The smallest absolute Gasteiger partial charge is 0.261 e. The van der Waals surface area contributed by atoms with Gasteiger partial charge in [-0.2, -0.15) is 0 Å². The number of rotatable bonds is 1. The summed E-state index contributed by atoms with van der Waals surface area (Å²) in [6.45, 7) is 0. The highest BCUT2D eigenvalue weighted by atomic mass is 16.2. The summed E-state index contributed by atoms with van der Waals surface area (Å²) < 4.78 is 0. The molecule has 3 nitrogen and oxygen atoms in total. The predicted molar refractivity (Wildman–Crippen MR) is 64.4 cm³/mol. The predicted octanol–water partition coefficient (Wildman–Crippen LogP) is 2.43. The molecule has 0 bridgehead atoms. The first kappa shape index (κ1) is 10.3. The van der Waals surface area contributed by atoms with Gasteiger partial charge < -0.3 is 0 Å². The van der Waals surface area contributed by atoms with Crippen molar-refractivity contribution >= 4 is 17.5 Å². The Morgan fingerprint density at radius 2 is 1.35 bits per heavy atom. The van der Waals surface area contributed by atoms with Crippen molar-refractivity contribution < 1.29 is 9.59 Å². The van der Waals surface area contributed by atoms with Gasteiger partial charge in [0.15, 0.2) is 0 Å².